The number of fused-ring (bicyclic) bond motifs is 3. The molecule has 5 aromatic carbocycles. The van der Waals surface area contributed by atoms with Crippen LogP contribution in [0, 0.1) is 0 Å². The molecule has 1 aliphatic carbocycles. The molecule has 0 aliphatic heterocycles. The van der Waals surface area contributed by atoms with Crippen LogP contribution in [0.2, 0.25) is 5.02 Å². The second-order valence-corrected chi connectivity index (χ2v) is 10.1. The van der Waals surface area contributed by atoms with Crippen LogP contribution in [-0.2, 0) is 5.41 Å². The van der Waals surface area contributed by atoms with E-state index in [4.69, 9.17) is 11.6 Å². The van der Waals surface area contributed by atoms with E-state index in [9.17, 15) is 0 Å². The number of benzene rings is 5. The molecule has 6 rings (SSSR count). The Balaban J connectivity index is 1.34. The zero-order chi connectivity index (χ0) is 24.7. The van der Waals surface area contributed by atoms with E-state index in [1.165, 1.54) is 16.7 Å². The molecule has 0 atom stereocenters. The normalized spacial score (nSPS) is 13.1. The third kappa shape index (κ3) is 3.75. The first-order valence-electron chi connectivity index (χ1n) is 12.2. The number of nitrogens with zero attached hydrogens (tertiary/aromatic N) is 1. The van der Waals surface area contributed by atoms with Gasteiger partial charge in [0.1, 0.15) is 0 Å². The molecule has 0 saturated heterocycles. The van der Waals surface area contributed by atoms with Crippen LogP contribution < -0.4 is 10.2 Å². The van der Waals surface area contributed by atoms with E-state index in [-0.39, 0.29) is 5.41 Å². The molecule has 2 nitrogen and oxygen atoms in total. The minimum absolute atomic E-state index is 0.0614. The molecular formula is C33H27ClN2. The summed E-state index contributed by atoms with van der Waals surface area (Å²) in [5, 5.41) is 4.32. The van der Waals surface area contributed by atoms with Crippen LogP contribution in [0.15, 0.2) is 121 Å². The molecule has 176 valence electrons. The number of hydrogen-bond acceptors (Lipinski definition) is 2. The second-order valence-electron chi connectivity index (χ2n) is 9.70. The highest BCUT2D eigenvalue weighted by atomic mass is 35.5. The van der Waals surface area contributed by atoms with Crippen LogP contribution >= 0.6 is 11.6 Å². The van der Waals surface area contributed by atoms with Crippen LogP contribution in [0.1, 0.15) is 25.0 Å². The lowest BCUT2D eigenvalue weighted by molar-refractivity contribution is 0.660. The van der Waals surface area contributed by atoms with E-state index >= 15 is 0 Å². The molecule has 0 unspecified atom stereocenters. The molecule has 0 bridgehead atoms. The van der Waals surface area contributed by atoms with Gasteiger partial charge in [-0.3, -0.25) is 0 Å². The highest BCUT2D eigenvalue weighted by Gasteiger charge is 2.36. The van der Waals surface area contributed by atoms with Gasteiger partial charge >= 0.3 is 0 Å². The summed E-state index contributed by atoms with van der Waals surface area (Å²) in [7, 11) is 0. The Labute approximate surface area is 217 Å². The zero-order valence-electron chi connectivity index (χ0n) is 20.4. The summed E-state index contributed by atoms with van der Waals surface area (Å²) < 4.78 is 0. The van der Waals surface area contributed by atoms with Gasteiger partial charge in [0.2, 0.25) is 0 Å². The molecule has 0 amide bonds. The van der Waals surface area contributed by atoms with Gasteiger partial charge < -0.3 is 10.2 Å². The Kier molecular flexibility index (Phi) is 5.55. The van der Waals surface area contributed by atoms with Crippen LogP contribution in [0.4, 0.5) is 28.4 Å². The van der Waals surface area contributed by atoms with E-state index < -0.39 is 0 Å². The standard InChI is InChI=1S/C33H27ClN2/c1-33(2)28-16-10-9-15-27(28)31-29(33)21-22-30(32(31)34)35-23-17-19-26(20-18-23)36(24-11-5-3-6-12-24)25-13-7-4-8-14-25/h3-22,35H,1-2H3. The summed E-state index contributed by atoms with van der Waals surface area (Å²) in [5.74, 6) is 0. The van der Waals surface area contributed by atoms with Crippen molar-refractivity contribution in [2.75, 3.05) is 10.2 Å². The molecule has 3 heteroatoms. The number of halogens is 1. The SMILES string of the molecule is CC1(C)c2ccccc2-c2c1ccc(Nc1ccc(N(c3ccccc3)c3ccccc3)cc1)c2Cl. The minimum Gasteiger partial charge on any atom is -0.354 e. The maximum atomic E-state index is 7.03. The lowest BCUT2D eigenvalue weighted by Gasteiger charge is -2.25. The molecule has 0 radical (unpaired) electrons. The van der Waals surface area contributed by atoms with Gasteiger partial charge in [-0.1, -0.05) is 92.2 Å². The van der Waals surface area contributed by atoms with Gasteiger partial charge in [-0.25, -0.2) is 0 Å². The smallest absolute Gasteiger partial charge is 0.0722 e. The second kappa shape index (κ2) is 8.89. The van der Waals surface area contributed by atoms with Crippen LogP contribution in [0.25, 0.3) is 11.1 Å². The Morgan fingerprint density at radius 2 is 1.14 bits per heavy atom. The van der Waals surface area contributed by atoms with Crippen molar-refractivity contribution in [1.82, 2.24) is 0 Å². The fraction of sp³-hybridized carbons (Fsp3) is 0.0909. The van der Waals surface area contributed by atoms with Crippen molar-refractivity contribution in [2.45, 2.75) is 19.3 Å². The van der Waals surface area contributed by atoms with Crippen molar-refractivity contribution in [3.8, 4) is 11.1 Å². The van der Waals surface area contributed by atoms with Crippen molar-refractivity contribution >= 4 is 40.0 Å². The van der Waals surface area contributed by atoms with Crippen molar-refractivity contribution in [3.05, 3.63) is 137 Å². The molecule has 0 spiro atoms. The fourth-order valence-electron chi connectivity index (χ4n) is 5.30. The Morgan fingerprint density at radius 1 is 0.583 bits per heavy atom. The molecule has 0 heterocycles. The van der Waals surface area contributed by atoms with Gasteiger partial charge in [0.05, 0.1) is 10.7 Å². The predicted molar refractivity (Wildman–Crippen MR) is 153 cm³/mol. The third-order valence-corrected chi connectivity index (χ3v) is 7.51. The highest BCUT2D eigenvalue weighted by Crippen LogP contribution is 2.53. The Bertz CT molecular complexity index is 1480. The maximum absolute atomic E-state index is 7.03. The number of hydrogen-bond donors (Lipinski definition) is 1. The number of nitrogens with one attached hydrogen (secondary N) is 1. The molecule has 0 fully saturated rings. The van der Waals surface area contributed by atoms with Gasteiger partial charge in [-0.2, -0.15) is 0 Å². The van der Waals surface area contributed by atoms with Gasteiger partial charge in [-0.05, 0) is 71.3 Å². The van der Waals surface area contributed by atoms with E-state index in [0.29, 0.717) is 0 Å². The van der Waals surface area contributed by atoms with Crippen LogP contribution in [0.5, 0.6) is 0 Å². The lowest BCUT2D eigenvalue weighted by Crippen LogP contribution is -2.14. The summed E-state index contributed by atoms with van der Waals surface area (Å²) in [4.78, 5) is 2.26. The van der Waals surface area contributed by atoms with Crippen LogP contribution in [-0.4, -0.2) is 0 Å². The average molecular weight is 487 g/mol. The molecule has 1 N–H and O–H groups in total. The molecular weight excluding hydrogens is 460 g/mol. The monoisotopic (exact) mass is 486 g/mol. The number of anilines is 5. The van der Waals surface area contributed by atoms with E-state index in [0.717, 1.165) is 39.0 Å². The quantitative estimate of drug-likeness (QED) is 0.266. The molecule has 1 aliphatic rings. The maximum Gasteiger partial charge on any atom is 0.0722 e. The molecule has 0 aromatic heterocycles. The summed E-state index contributed by atoms with van der Waals surface area (Å²) in [6.45, 7) is 4.54. The summed E-state index contributed by atoms with van der Waals surface area (Å²) >= 11 is 7.03. The molecule has 36 heavy (non-hydrogen) atoms. The van der Waals surface area contributed by atoms with Crippen molar-refractivity contribution in [3.63, 3.8) is 0 Å². The summed E-state index contributed by atoms with van der Waals surface area (Å²) in [6, 6.07) is 42.2. The largest absolute Gasteiger partial charge is 0.354 e. The van der Waals surface area contributed by atoms with Crippen molar-refractivity contribution < 1.29 is 0 Å². The lowest BCUT2D eigenvalue weighted by atomic mass is 9.82. The number of rotatable bonds is 5. The fourth-order valence-corrected chi connectivity index (χ4v) is 5.61. The molecule has 0 saturated carbocycles. The van der Waals surface area contributed by atoms with E-state index in [2.05, 4.69) is 133 Å². The third-order valence-electron chi connectivity index (χ3n) is 7.12. The van der Waals surface area contributed by atoms with Gasteiger partial charge in [0, 0.05) is 33.7 Å². The Morgan fingerprint density at radius 3 is 1.78 bits per heavy atom. The first kappa shape index (κ1) is 22.5. The highest BCUT2D eigenvalue weighted by molar-refractivity contribution is 6.36. The van der Waals surface area contributed by atoms with Crippen molar-refractivity contribution in [2.24, 2.45) is 0 Å². The number of para-hydroxylation sites is 2. The molecule has 5 aromatic rings. The summed E-state index contributed by atoms with van der Waals surface area (Å²) in [6.07, 6.45) is 0. The predicted octanol–water partition coefficient (Wildman–Crippen LogP) is 9.86. The minimum atomic E-state index is -0.0614. The first-order valence-corrected chi connectivity index (χ1v) is 12.6. The van der Waals surface area contributed by atoms with E-state index in [1.807, 2.05) is 12.1 Å². The van der Waals surface area contributed by atoms with Gasteiger partial charge in [-0.15, -0.1) is 0 Å². The van der Waals surface area contributed by atoms with Crippen LogP contribution in [0.3, 0.4) is 0 Å². The first-order chi connectivity index (χ1) is 17.5. The topological polar surface area (TPSA) is 15.3 Å². The zero-order valence-corrected chi connectivity index (χ0v) is 21.1. The van der Waals surface area contributed by atoms with Gasteiger partial charge in [0.25, 0.3) is 0 Å². The van der Waals surface area contributed by atoms with Crippen molar-refractivity contribution in [1.29, 1.82) is 0 Å². The van der Waals surface area contributed by atoms with Gasteiger partial charge in [0.15, 0.2) is 0 Å². The average Bonchev–Trinajstić information content (AvgIpc) is 3.15. The van der Waals surface area contributed by atoms with E-state index in [1.54, 1.807) is 0 Å². The summed E-state index contributed by atoms with van der Waals surface area (Å²) in [5.41, 5.74) is 10.1. The Hall–Kier alpha value is -4.01.